The highest BCUT2D eigenvalue weighted by molar-refractivity contribution is 6.09. The number of carbonyl (C=O) groups excluding carboxylic acids is 1. The maximum atomic E-state index is 14.1. The number of fused-ring (bicyclic) bond motifs is 2. The molecule has 0 radical (unpaired) electrons. The summed E-state index contributed by atoms with van der Waals surface area (Å²) in [5, 5.41) is 22.2. The summed E-state index contributed by atoms with van der Waals surface area (Å²) in [6.45, 7) is -3.68. The van der Waals surface area contributed by atoms with Crippen LogP contribution in [0.3, 0.4) is 0 Å². The number of hydrogen-bond donors (Lipinski definition) is 3. The summed E-state index contributed by atoms with van der Waals surface area (Å²) in [5.41, 5.74) is -1.06. The van der Waals surface area contributed by atoms with Gasteiger partial charge in [0.2, 0.25) is 0 Å². The molecule has 0 fully saturated rings. The molecule has 25 heteroatoms. The SMILES string of the molecule is O=C(NCCOCCC(F)(F)C(F)(F)C(F)(F)C(F)(F)C(F)(F)C(F)(F)C(F)(F)C(F)(F)F)c1ccc(-c2c3ccc(=O)cc-3oc3cc(O)ccc23)c(C(=O)O)c1. The Balaban J connectivity index is 1.46. The van der Waals surface area contributed by atoms with Crippen molar-refractivity contribution in [1.82, 2.24) is 5.32 Å². The van der Waals surface area contributed by atoms with Crippen LogP contribution in [0, 0.1) is 0 Å². The minimum Gasteiger partial charge on any atom is -0.508 e. The van der Waals surface area contributed by atoms with Gasteiger partial charge in [0.15, 0.2) is 5.43 Å². The first-order valence-electron chi connectivity index (χ1n) is 15.4. The van der Waals surface area contributed by atoms with Gasteiger partial charge in [-0.05, 0) is 42.0 Å². The number of halogens is 17. The Labute approximate surface area is 310 Å². The summed E-state index contributed by atoms with van der Waals surface area (Å²) in [7, 11) is 0. The molecule has 0 spiro atoms. The van der Waals surface area contributed by atoms with E-state index in [0.717, 1.165) is 30.3 Å². The van der Waals surface area contributed by atoms with Crippen LogP contribution in [0.15, 0.2) is 63.8 Å². The van der Waals surface area contributed by atoms with Crippen molar-refractivity contribution in [3.63, 3.8) is 0 Å². The first kappa shape index (κ1) is 45.3. The van der Waals surface area contributed by atoms with Crippen molar-refractivity contribution in [2.45, 2.75) is 54.1 Å². The predicted octanol–water partition coefficient (Wildman–Crippen LogP) is 9.11. The van der Waals surface area contributed by atoms with E-state index in [9.17, 15) is 99.2 Å². The highest BCUT2D eigenvalue weighted by Gasteiger charge is 2.95. The summed E-state index contributed by atoms with van der Waals surface area (Å²) < 4.78 is 239. The van der Waals surface area contributed by atoms with Crippen LogP contribution in [0.4, 0.5) is 74.6 Å². The number of phenolic OH excluding ortho intramolecular Hbond substituents is 1. The zero-order valence-corrected chi connectivity index (χ0v) is 27.9. The Morgan fingerprint density at radius 2 is 1.21 bits per heavy atom. The number of rotatable bonds is 15. The number of amides is 1. The molecule has 58 heavy (non-hydrogen) atoms. The Bertz CT molecular complexity index is 2240. The van der Waals surface area contributed by atoms with Crippen molar-refractivity contribution in [2.75, 3.05) is 19.8 Å². The van der Waals surface area contributed by atoms with Crippen LogP contribution in [-0.2, 0) is 4.74 Å². The summed E-state index contributed by atoms with van der Waals surface area (Å²) >= 11 is 0. The van der Waals surface area contributed by atoms with Gasteiger partial charge in [-0.15, -0.1) is 0 Å². The van der Waals surface area contributed by atoms with Gasteiger partial charge >= 0.3 is 53.6 Å². The number of hydrogen-bond acceptors (Lipinski definition) is 6. The number of carboxylic acids is 1. The minimum absolute atomic E-state index is 0.0118. The zero-order valence-electron chi connectivity index (χ0n) is 27.9. The zero-order chi connectivity index (χ0) is 44.2. The van der Waals surface area contributed by atoms with E-state index in [-0.39, 0.29) is 39.2 Å². The molecule has 0 saturated carbocycles. The first-order chi connectivity index (χ1) is 26.3. The van der Waals surface area contributed by atoms with Crippen molar-refractivity contribution in [1.29, 1.82) is 0 Å². The average molecular weight is 865 g/mol. The lowest BCUT2D eigenvalue weighted by Crippen LogP contribution is -2.74. The molecular formula is C33H20F17NO7. The monoisotopic (exact) mass is 865 g/mol. The normalized spacial score (nSPS) is 13.9. The molecule has 2 aromatic rings. The number of aromatic carboxylic acids is 1. The molecule has 0 unspecified atom stereocenters. The van der Waals surface area contributed by atoms with Crippen LogP contribution < -0.4 is 10.7 Å². The van der Waals surface area contributed by atoms with Crippen LogP contribution >= 0.6 is 0 Å². The fraction of sp³-hybridized carbons (Fsp3) is 0.364. The highest BCUT2D eigenvalue weighted by Crippen LogP contribution is 2.64. The predicted molar refractivity (Wildman–Crippen MR) is 162 cm³/mol. The topological polar surface area (TPSA) is 126 Å². The number of carboxylic acid groups (broad SMARTS) is 1. The Hall–Kier alpha value is -5.36. The second-order valence-electron chi connectivity index (χ2n) is 12.1. The lowest BCUT2D eigenvalue weighted by Gasteiger charge is -2.42. The van der Waals surface area contributed by atoms with E-state index in [1.807, 2.05) is 5.32 Å². The molecule has 3 N–H and O–H groups in total. The molecule has 318 valence electrons. The second kappa shape index (κ2) is 14.8. The average Bonchev–Trinajstić information content (AvgIpc) is 3.10. The molecule has 0 saturated heterocycles. The van der Waals surface area contributed by atoms with E-state index >= 15 is 0 Å². The van der Waals surface area contributed by atoms with E-state index < -0.39 is 102 Å². The van der Waals surface area contributed by atoms with Crippen LogP contribution in [-0.4, -0.2) is 89.5 Å². The number of ether oxygens (including phenoxy) is 1. The van der Waals surface area contributed by atoms with Crippen molar-refractivity contribution in [3.05, 3.63) is 75.9 Å². The van der Waals surface area contributed by atoms with E-state index in [1.165, 1.54) is 24.3 Å². The van der Waals surface area contributed by atoms with Crippen molar-refractivity contribution < 1.29 is 104 Å². The molecule has 1 amide bonds. The van der Waals surface area contributed by atoms with Crippen LogP contribution in [0.5, 0.6) is 5.75 Å². The number of nitrogens with one attached hydrogen (secondary N) is 1. The second-order valence-corrected chi connectivity index (χ2v) is 12.1. The molecule has 2 aromatic carbocycles. The first-order valence-corrected chi connectivity index (χ1v) is 15.4. The Morgan fingerprint density at radius 3 is 1.78 bits per heavy atom. The molecule has 0 bridgehead atoms. The fourth-order valence-electron chi connectivity index (χ4n) is 5.22. The van der Waals surface area contributed by atoms with Crippen LogP contribution in [0.25, 0.3) is 33.4 Å². The molecule has 1 aliphatic carbocycles. The molecule has 2 aliphatic rings. The van der Waals surface area contributed by atoms with Gasteiger partial charge in [-0.2, -0.15) is 74.6 Å². The number of phenols is 1. The van der Waals surface area contributed by atoms with Crippen molar-refractivity contribution >= 4 is 22.8 Å². The Morgan fingerprint density at radius 1 is 0.655 bits per heavy atom. The quantitative estimate of drug-likeness (QED) is 0.0619. The summed E-state index contributed by atoms with van der Waals surface area (Å²) in [4.78, 5) is 37.0. The third kappa shape index (κ3) is 7.31. The standard InChI is InChI=1S/C33H20F17NO7/c34-26(35,27(36,37)28(38,39)29(40,41)30(42,43)31(44,45)32(46,47)33(48,49)50)7-9-57-10-8-51-24(54)14-1-4-17(20(11-14)25(55)56)23-18-5-2-15(52)12-21(18)58-22-13-16(53)3-6-19(22)23/h1-6,11-13,52H,7-10H2,(H,51,54)(H,55,56). The van der Waals surface area contributed by atoms with Gasteiger partial charge in [0.1, 0.15) is 17.1 Å². The van der Waals surface area contributed by atoms with Crippen LogP contribution in [0.2, 0.25) is 0 Å². The van der Waals surface area contributed by atoms with Gasteiger partial charge in [0, 0.05) is 47.2 Å². The lowest BCUT2D eigenvalue weighted by atomic mass is 9.88. The third-order valence-electron chi connectivity index (χ3n) is 8.34. The van der Waals surface area contributed by atoms with E-state index in [0.29, 0.717) is 0 Å². The van der Waals surface area contributed by atoms with Crippen molar-refractivity contribution in [3.8, 4) is 28.2 Å². The maximum absolute atomic E-state index is 14.1. The third-order valence-corrected chi connectivity index (χ3v) is 8.34. The molecule has 8 nitrogen and oxygen atoms in total. The Kier molecular flexibility index (Phi) is 11.6. The fourth-order valence-corrected chi connectivity index (χ4v) is 5.22. The molecule has 0 aromatic heterocycles. The number of benzene rings is 3. The molecular weight excluding hydrogens is 845 g/mol. The minimum atomic E-state index is -8.74. The molecule has 4 rings (SSSR count). The van der Waals surface area contributed by atoms with E-state index in [2.05, 4.69) is 4.74 Å². The van der Waals surface area contributed by atoms with Gasteiger partial charge in [-0.3, -0.25) is 9.59 Å². The largest absolute Gasteiger partial charge is 0.508 e. The smallest absolute Gasteiger partial charge is 0.460 e. The lowest BCUT2D eigenvalue weighted by molar-refractivity contribution is -0.462. The van der Waals surface area contributed by atoms with Crippen molar-refractivity contribution in [2.24, 2.45) is 0 Å². The molecule has 1 aliphatic heterocycles. The van der Waals surface area contributed by atoms with Gasteiger partial charge in [-0.25, -0.2) is 4.79 Å². The number of aromatic hydroxyl groups is 1. The van der Waals surface area contributed by atoms with Gasteiger partial charge in [0.05, 0.1) is 18.8 Å². The van der Waals surface area contributed by atoms with E-state index in [1.54, 1.807) is 0 Å². The number of carbonyl (C=O) groups is 2. The summed E-state index contributed by atoms with van der Waals surface area (Å²) in [5.74, 6) is -60.2. The maximum Gasteiger partial charge on any atom is 0.460 e. The van der Waals surface area contributed by atoms with Gasteiger partial charge in [0.25, 0.3) is 5.91 Å². The van der Waals surface area contributed by atoms with E-state index in [4.69, 9.17) is 4.42 Å². The highest BCUT2D eigenvalue weighted by atomic mass is 19.4. The van der Waals surface area contributed by atoms with Gasteiger partial charge in [-0.1, -0.05) is 6.07 Å². The summed E-state index contributed by atoms with van der Waals surface area (Å²) in [6.07, 6.45) is -10.7. The van der Waals surface area contributed by atoms with Crippen LogP contribution in [0.1, 0.15) is 27.1 Å². The molecule has 0 atom stereocenters. The van der Waals surface area contributed by atoms with Gasteiger partial charge < -0.3 is 24.7 Å². The number of alkyl halides is 17. The molecule has 1 heterocycles. The summed E-state index contributed by atoms with van der Waals surface area (Å²) in [6, 6.07) is 10.4.